The molecule has 1 N–H and O–H groups in total. The highest BCUT2D eigenvalue weighted by Crippen LogP contribution is 2.26. The van der Waals surface area contributed by atoms with E-state index in [0.717, 1.165) is 26.1 Å². The minimum atomic E-state index is 0.144. The number of unbranched alkanes of at least 4 members (excludes halogenated alkanes) is 1. The van der Waals surface area contributed by atoms with Gasteiger partial charge in [0.1, 0.15) is 5.82 Å². The first-order valence-corrected chi connectivity index (χ1v) is 6.83. The summed E-state index contributed by atoms with van der Waals surface area (Å²) in [6, 6.07) is 0. The van der Waals surface area contributed by atoms with Gasteiger partial charge in [0.15, 0.2) is 0 Å². The second kappa shape index (κ2) is 4.81. The van der Waals surface area contributed by atoms with Crippen LogP contribution in [-0.2, 0) is 24.9 Å². The molecular weight excluding hydrogens is 210 g/mol. The third-order valence-corrected chi connectivity index (χ3v) is 3.39. The van der Waals surface area contributed by atoms with Crippen molar-refractivity contribution in [2.24, 2.45) is 0 Å². The Morgan fingerprint density at radius 3 is 2.76 bits per heavy atom. The highest BCUT2D eigenvalue weighted by Gasteiger charge is 2.26. The lowest BCUT2D eigenvalue weighted by atomic mass is 9.95. The molecule has 1 aromatic heterocycles. The Balaban J connectivity index is 2.39. The Labute approximate surface area is 105 Å². The van der Waals surface area contributed by atoms with Crippen molar-refractivity contribution >= 4 is 0 Å². The van der Waals surface area contributed by atoms with Crippen LogP contribution in [0.2, 0.25) is 0 Å². The van der Waals surface area contributed by atoms with Crippen LogP contribution in [0.25, 0.3) is 0 Å². The summed E-state index contributed by atoms with van der Waals surface area (Å²) in [6.07, 6.45) is 3.62. The second-order valence-electron chi connectivity index (χ2n) is 6.01. The molecule has 1 aliphatic heterocycles. The average molecular weight is 235 g/mol. The standard InChI is InChI=1S/C14H25N3/c1-5-6-9-17-12-7-8-15-10-11(12)16-13(17)14(2,3)4/h15H,5-10H2,1-4H3. The number of nitrogens with one attached hydrogen (secondary N) is 1. The molecule has 0 bridgehead atoms. The molecule has 0 aromatic carbocycles. The summed E-state index contributed by atoms with van der Waals surface area (Å²) in [6.45, 7) is 12.2. The van der Waals surface area contributed by atoms with E-state index in [1.54, 1.807) is 0 Å². The van der Waals surface area contributed by atoms with Crippen LogP contribution in [-0.4, -0.2) is 16.1 Å². The number of aromatic nitrogens is 2. The van der Waals surface area contributed by atoms with Gasteiger partial charge in [-0.15, -0.1) is 0 Å². The van der Waals surface area contributed by atoms with Gasteiger partial charge < -0.3 is 9.88 Å². The van der Waals surface area contributed by atoms with Gasteiger partial charge in [0.25, 0.3) is 0 Å². The third kappa shape index (κ3) is 2.54. The summed E-state index contributed by atoms with van der Waals surface area (Å²) < 4.78 is 2.49. The van der Waals surface area contributed by atoms with E-state index in [2.05, 4.69) is 37.6 Å². The smallest absolute Gasteiger partial charge is 0.114 e. The monoisotopic (exact) mass is 235 g/mol. The number of rotatable bonds is 3. The fourth-order valence-electron chi connectivity index (χ4n) is 2.50. The minimum absolute atomic E-state index is 0.144. The van der Waals surface area contributed by atoms with Crippen molar-refractivity contribution in [2.75, 3.05) is 6.54 Å². The van der Waals surface area contributed by atoms with Gasteiger partial charge >= 0.3 is 0 Å². The molecule has 0 atom stereocenters. The van der Waals surface area contributed by atoms with Crippen molar-refractivity contribution in [1.82, 2.24) is 14.9 Å². The number of hydrogen-bond acceptors (Lipinski definition) is 2. The predicted molar refractivity (Wildman–Crippen MR) is 71.2 cm³/mol. The van der Waals surface area contributed by atoms with Crippen LogP contribution in [0.5, 0.6) is 0 Å². The summed E-state index contributed by atoms with van der Waals surface area (Å²) >= 11 is 0. The fourth-order valence-corrected chi connectivity index (χ4v) is 2.50. The fraction of sp³-hybridized carbons (Fsp3) is 0.786. The Bertz CT molecular complexity index is 385. The summed E-state index contributed by atoms with van der Waals surface area (Å²) in [5.41, 5.74) is 2.89. The van der Waals surface area contributed by atoms with Crippen molar-refractivity contribution < 1.29 is 0 Å². The van der Waals surface area contributed by atoms with Crippen molar-refractivity contribution in [3.63, 3.8) is 0 Å². The molecule has 0 amide bonds. The van der Waals surface area contributed by atoms with E-state index in [1.165, 1.54) is 30.1 Å². The molecule has 0 saturated heterocycles. The first kappa shape index (κ1) is 12.6. The first-order valence-electron chi connectivity index (χ1n) is 6.83. The van der Waals surface area contributed by atoms with Crippen LogP contribution < -0.4 is 5.32 Å². The molecule has 1 aliphatic rings. The lowest BCUT2D eigenvalue weighted by Crippen LogP contribution is -2.25. The van der Waals surface area contributed by atoms with Gasteiger partial charge in [0, 0.05) is 37.2 Å². The zero-order valence-corrected chi connectivity index (χ0v) is 11.6. The molecule has 17 heavy (non-hydrogen) atoms. The van der Waals surface area contributed by atoms with Gasteiger partial charge in [-0.1, -0.05) is 34.1 Å². The molecule has 3 nitrogen and oxygen atoms in total. The van der Waals surface area contributed by atoms with E-state index in [-0.39, 0.29) is 5.41 Å². The highest BCUT2D eigenvalue weighted by molar-refractivity contribution is 5.23. The van der Waals surface area contributed by atoms with E-state index in [9.17, 15) is 0 Å². The molecule has 0 saturated carbocycles. The zero-order valence-electron chi connectivity index (χ0n) is 11.6. The molecule has 3 heteroatoms. The minimum Gasteiger partial charge on any atom is -0.331 e. The van der Waals surface area contributed by atoms with E-state index < -0.39 is 0 Å². The van der Waals surface area contributed by atoms with Crippen molar-refractivity contribution in [1.29, 1.82) is 0 Å². The van der Waals surface area contributed by atoms with Crippen molar-refractivity contribution in [3.05, 3.63) is 17.2 Å². The van der Waals surface area contributed by atoms with Crippen LogP contribution in [0.3, 0.4) is 0 Å². The maximum absolute atomic E-state index is 4.88. The van der Waals surface area contributed by atoms with E-state index >= 15 is 0 Å². The molecule has 0 spiro atoms. The lowest BCUT2D eigenvalue weighted by molar-refractivity contribution is 0.478. The largest absolute Gasteiger partial charge is 0.331 e. The molecule has 2 heterocycles. The summed E-state index contributed by atoms with van der Waals surface area (Å²) in [4.78, 5) is 4.88. The van der Waals surface area contributed by atoms with E-state index in [1.807, 2.05) is 0 Å². The second-order valence-corrected chi connectivity index (χ2v) is 6.01. The van der Waals surface area contributed by atoms with Crippen LogP contribution >= 0.6 is 0 Å². The molecule has 0 radical (unpaired) electrons. The number of imidazole rings is 1. The topological polar surface area (TPSA) is 29.9 Å². The quantitative estimate of drug-likeness (QED) is 0.873. The Morgan fingerprint density at radius 2 is 2.12 bits per heavy atom. The van der Waals surface area contributed by atoms with Crippen LogP contribution in [0.15, 0.2) is 0 Å². The summed E-state index contributed by atoms with van der Waals surface area (Å²) in [5.74, 6) is 1.26. The molecule has 0 fully saturated rings. The highest BCUT2D eigenvalue weighted by atomic mass is 15.1. The molecule has 0 aliphatic carbocycles. The first-order chi connectivity index (χ1) is 8.04. The Hall–Kier alpha value is -0.830. The number of fused-ring (bicyclic) bond motifs is 1. The zero-order chi connectivity index (χ0) is 12.5. The molecular formula is C14H25N3. The molecule has 96 valence electrons. The maximum Gasteiger partial charge on any atom is 0.114 e. The predicted octanol–water partition coefficient (Wildman–Crippen LogP) is 2.63. The van der Waals surface area contributed by atoms with Gasteiger partial charge in [-0.25, -0.2) is 4.98 Å². The normalized spacial score (nSPS) is 16.0. The Morgan fingerprint density at radius 1 is 1.35 bits per heavy atom. The van der Waals surface area contributed by atoms with Crippen LogP contribution in [0.4, 0.5) is 0 Å². The SMILES string of the molecule is CCCCn1c(C(C)(C)C)nc2c1CCNC2. The van der Waals surface area contributed by atoms with Crippen LogP contribution in [0, 0.1) is 0 Å². The van der Waals surface area contributed by atoms with Gasteiger partial charge in [-0.2, -0.15) is 0 Å². The maximum atomic E-state index is 4.88. The molecule has 0 unspecified atom stereocenters. The van der Waals surface area contributed by atoms with Crippen LogP contribution in [0.1, 0.15) is 57.7 Å². The van der Waals surface area contributed by atoms with Gasteiger partial charge in [0.05, 0.1) is 5.69 Å². The van der Waals surface area contributed by atoms with Gasteiger partial charge in [-0.3, -0.25) is 0 Å². The van der Waals surface area contributed by atoms with E-state index in [0.29, 0.717) is 0 Å². The Kier molecular flexibility index (Phi) is 3.57. The average Bonchev–Trinajstić information content (AvgIpc) is 2.65. The van der Waals surface area contributed by atoms with Crippen molar-refractivity contribution in [2.45, 2.75) is 65.5 Å². The van der Waals surface area contributed by atoms with Gasteiger partial charge in [-0.05, 0) is 6.42 Å². The molecule has 1 aromatic rings. The third-order valence-electron chi connectivity index (χ3n) is 3.39. The number of nitrogens with zero attached hydrogens (tertiary/aromatic N) is 2. The lowest BCUT2D eigenvalue weighted by Gasteiger charge is -2.21. The number of hydrogen-bond donors (Lipinski definition) is 1. The van der Waals surface area contributed by atoms with Gasteiger partial charge in [0.2, 0.25) is 0 Å². The summed E-state index contributed by atoms with van der Waals surface area (Å²) in [5, 5.41) is 3.41. The summed E-state index contributed by atoms with van der Waals surface area (Å²) in [7, 11) is 0. The van der Waals surface area contributed by atoms with Crippen molar-refractivity contribution in [3.8, 4) is 0 Å². The molecule has 2 rings (SSSR count). The van der Waals surface area contributed by atoms with E-state index in [4.69, 9.17) is 4.98 Å².